The second kappa shape index (κ2) is 4.79. The Morgan fingerprint density at radius 2 is 1.86 bits per heavy atom. The molecule has 0 aliphatic heterocycles. The van der Waals surface area contributed by atoms with Crippen molar-refractivity contribution in [3.8, 4) is 0 Å². The van der Waals surface area contributed by atoms with Gasteiger partial charge in [0.25, 0.3) is 0 Å². The fourth-order valence-corrected chi connectivity index (χ4v) is 2.40. The molecule has 0 nitrogen and oxygen atoms in total. The minimum atomic E-state index is 1.17. The predicted molar refractivity (Wildman–Crippen MR) is 65.2 cm³/mol. The first-order chi connectivity index (χ1) is 6.84. The Bertz CT molecular complexity index is 331. The van der Waals surface area contributed by atoms with E-state index in [1.807, 2.05) is 0 Å². The molecule has 1 fully saturated rings. The number of halogens is 1. The molecule has 0 atom stereocenters. The lowest BCUT2D eigenvalue weighted by Crippen LogP contribution is -1.93. The Kier molecular flexibility index (Phi) is 3.41. The Morgan fingerprint density at radius 1 is 1.07 bits per heavy atom. The van der Waals surface area contributed by atoms with Crippen LogP contribution in [0.4, 0.5) is 0 Å². The highest BCUT2D eigenvalue weighted by molar-refractivity contribution is 9.10. The van der Waals surface area contributed by atoms with Gasteiger partial charge in [-0.1, -0.05) is 46.1 Å². The molecule has 1 aliphatic rings. The van der Waals surface area contributed by atoms with Crippen LogP contribution in [0.1, 0.15) is 37.7 Å². The van der Waals surface area contributed by atoms with Crippen LogP contribution in [0, 0.1) is 0 Å². The summed E-state index contributed by atoms with van der Waals surface area (Å²) in [6, 6.07) is 8.52. The predicted octanol–water partition coefficient (Wildman–Crippen LogP) is 4.80. The molecule has 1 aromatic carbocycles. The van der Waals surface area contributed by atoms with Crippen LogP contribution in [0.2, 0.25) is 0 Å². The third-order valence-electron chi connectivity index (χ3n) is 2.72. The van der Waals surface area contributed by atoms with Gasteiger partial charge in [0.2, 0.25) is 0 Å². The molecule has 0 N–H and O–H groups in total. The van der Waals surface area contributed by atoms with E-state index in [1.54, 1.807) is 5.57 Å². The molecule has 1 heteroatoms. The van der Waals surface area contributed by atoms with Crippen LogP contribution in [0.5, 0.6) is 0 Å². The Morgan fingerprint density at radius 3 is 2.57 bits per heavy atom. The van der Waals surface area contributed by atoms with Gasteiger partial charge in [-0.3, -0.25) is 0 Å². The van der Waals surface area contributed by atoms with E-state index in [1.165, 1.54) is 42.1 Å². The van der Waals surface area contributed by atoms with Crippen LogP contribution >= 0.6 is 15.9 Å². The largest absolute Gasteiger partial charge is 0.0696 e. The summed E-state index contributed by atoms with van der Waals surface area (Å²) in [5, 5.41) is 0. The van der Waals surface area contributed by atoms with Crippen LogP contribution in [0.25, 0.3) is 6.08 Å². The summed E-state index contributed by atoms with van der Waals surface area (Å²) in [7, 11) is 0. The molecule has 1 aromatic rings. The van der Waals surface area contributed by atoms with E-state index in [4.69, 9.17) is 0 Å². The fraction of sp³-hybridized carbons (Fsp3) is 0.385. The van der Waals surface area contributed by atoms with Crippen LogP contribution in [-0.4, -0.2) is 0 Å². The molecular formula is C13H15Br. The average molecular weight is 251 g/mol. The van der Waals surface area contributed by atoms with Crippen molar-refractivity contribution < 1.29 is 0 Å². The van der Waals surface area contributed by atoms with E-state index in [0.29, 0.717) is 0 Å². The molecule has 0 unspecified atom stereocenters. The molecule has 2 rings (SSSR count). The van der Waals surface area contributed by atoms with Crippen LogP contribution in [-0.2, 0) is 0 Å². The zero-order valence-electron chi connectivity index (χ0n) is 8.30. The maximum atomic E-state index is 3.50. The molecule has 1 saturated carbocycles. The van der Waals surface area contributed by atoms with Gasteiger partial charge in [-0.2, -0.15) is 0 Å². The van der Waals surface area contributed by atoms with Gasteiger partial charge in [0.1, 0.15) is 0 Å². The van der Waals surface area contributed by atoms with Gasteiger partial charge in [-0.25, -0.2) is 0 Å². The topological polar surface area (TPSA) is 0 Å². The lowest BCUT2D eigenvalue weighted by atomic mass is 9.93. The fourth-order valence-electron chi connectivity index (χ4n) is 1.98. The SMILES string of the molecule is Brc1cccc(C=C2CCCCC2)c1. The zero-order chi connectivity index (χ0) is 9.80. The summed E-state index contributed by atoms with van der Waals surface area (Å²) in [5.74, 6) is 0. The molecule has 0 heterocycles. The Balaban J connectivity index is 2.15. The quantitative estimate of drug-likeness (QED) is 0.672. The smallest absolute Gasteiger partial charge is 0.0181 e. The molecule has 14 heavy (non-hydrogen) atoms. The highest BCUT2D eigenvalue weighted by Gasteiger charge is 2.04. The number of rotatable bonds is 1. The van der Waals surface area contributed by atoms with Crippen molar-refractivity contribution >= 4 is 22.0 Å². The van der Waals surface area contributed by atoms with E-state index in [-0.39, 0.29) is 0 Å². The normalized spacial score (nSPS) is 16.8. The summed E-state index contributed by atoms with van der Waals surface area (Å²) < 4.78 is 1.17. The number of hydrogen-bond acceptors (Lipinski definition) is 0. The van der Waals surface area contributed by atoms with E-state index < -0.39 is 0 Å². The van der Waals surface area contributed by atoms with Crippen LogP contribution in [0.3, 0.4) is 0 Å². The molecular weight excluding hydrogens is 236 g/mol. The summed E-state index contributed by atoms with van der Waals surface area (Å²) in [5.41, 5.74) is 2.95. The number of hydrogen-bond donors (Lipinski definition) is 0. The first kappa shape index (κ1) is 9.97. The number of allylic oxidation sites excluding steroid dienone is 1. The summed E-state index contributed by atoms with van der Waals surface area (Å²) in [4.78, 5) is 0. The highest BCUT2D eigenvalue weighted by Crippen LogP contribution is 2.25. The molecule has 0 radical (unpaired) electrons. The lowest BCUT2D eigenvalue weighted by Gasteiger charge is -2.13. The van der Waals surface area contributed by atoms with Crippen molar-refractivity contribution in [3.05, 3.63) is 39.9 Å². The molecule has 0 spiro atoms. The van der Waals surface area contributed by atoms with Crippen molar-refractivity contribution in [1.82, 2.24) is 0 Å². The monoisotopic (exact) mass is 250 g/mol. The second-order valence-corrected chi connectivity index (χ2v) is 4.83. The number of benzene rings is 1. The first-order valence-corrected chi connectivity index (χ1v) is 6.09. The van der Waals surface area contributed by atoms with Gasteiger partial charge in [0, 0.05) is 4.47 Å². The summed E-state index contributed by atoms with van der Waals surface area (Å²) in [6.07, 6.45) is 9.11. The van der Waals surface area contributed by atoms with Gasteiger partial charge in [-0.05, 0) is 43.4 Å². The van der Waals surface area contributed by atoms with Gasteiger partial charge < -0.3 is 0 Å². The van der Waals surface area contributed by atoms with Gasteiger partial charge >= 0.3 is 0 Å². The van der Waals surface area contributed by atoms with Crippen LogP contribution in [0.15, 0.2) is 34.3 Å². The zero-order valence-corrected chi connectivity index (χ0v) is 9.89. The third kappa shape index (κ3) is 2.71. The van der Waals surface area contributed by atoms with Crippen molar-refractivity contribution in [2.75, 3.05) is 0 Å². The molecule has 0 amide bonds. The molecule has 1 aliphatic carbocycles. The van der Waals surface area contributed by atoms with Crippen molar-refractivity contribution in [1.29, 1.82) is 0 Å². The van der Waals surface area contributed by atoms with E-state index in [9.17, 15) is 0 Å². The Labute approximate surface area is 94.2 Å². The minimum absolute atomic E-state index is 1.17. The lowest BCUT2D eigenvalue weighted by molar-refractivity contribution is 0.602. The van der Waals surface area contributed by atoms with Crippen LogP contribution < -0.4 is 0 Å². The molecule has 74 valence electrons. The van der Waals surface area contributed by atoms with Gasteiger partial charge in [0.15, 0.2) is 0 Å². The van der Waals surface area contributed by atoms with E-state index >= 15 is 0 Å². The molecule has 0 bridgehead atoms. The maximum Gasteiger partial charge on any atom is 0.0181 e. The maximum absolute atomic E-state index is 3.50. The summed E-state index contributed by atoms with van der Waals surface area (Å²) >= 11 is 3.50. The van der Waals surface area contributed by atoms with E-state index in [2.05, 4.69) is 46.3 Å². The van der Waals surface area contributed by atoms with Gasteiger partial charge in [0.05, 0.1) is 0 Å². The third-order valence-corrected chi connectivity index (χ3v) is 3.21. The van der Waals surface area contributed by atoms with Crippen molar-refractivity contribution in [3.63, 3.8) is 0 Å². The Hall–Kier alpha value is -0.560. The molecule has 0 saturated heterocycles. The van der Waals surface area contributed by atoms with Gasteiger partial charge in [-0.15, -0.1) is 0 Å². The first-order valence-electron chi connectivity index (χ1n) is 5.29. The van der Waals surface area contributed by atoms with Crippen molar-refractivity contribution in [2.45, 2.75) is 32.1 Å². The second-order valence-electron chi connectivity index (χ2n) is 3.92. The minimum Gasteiger partial charge on any atom is -0.0696 e. The van der Waals surface area contributed by atoms with Crippen molar-refractivity contribution in [2.24, 2.45) is 0 Å². The standard InChI is InChI=1S/C13H15Br/c14-13-8-4-7-12(10-13)9-11-5-2-1-3-6-11/h4,7-10H,1-3,5-6H2. The van der Waals surface area contributed by atoms with E-state index in [0.717, 1.165) is 0 Å². The molecule has 0 aromatic heterocycles. The average Bonchev–Trinajstić information content (AvgIpc) is 2.19. The highest BCUT2D eigenvalue weighted by atomic mass is 79.9. The summed E-state index contributed by atoms with van der Waals surface area (Å²) in [6.45, 7) is 0.